The fourth-order valence-corrected chi connectivity index (χ4v) is 3.02. The van der Waals surface area contributed by atoms with Crippen LogP contribution in [0.3, 0.4) is 0 Å². The van der Waals surface area contributed by atoms with Crippen LogP contribution >= 0.6 is 0 Å². The molecule has 1 saturated heterocycles. The Kier molecular flexibility index (Phi) is 3.49. The zero-order valence-electron chi connectivity index (χ0n) is 12.0. The van der Waals surface area contributed by atoms with Crippen LogP contribution in [-0.4, -0.2) is 33.7 Å². The smallest absolute Gasteiger partial charge is 0.263 e. The van der Waals surface area contributed by atoms with E-state index >= 15 is 0 Å². The number of nitrogens with zero attached hydrogens (tertiary/aromatic N) is 2. The molecule has 1 saturated carbocycles. The molecule has 4 amide bonds. The Bertz CT molecular complexity index is 588. The Morgan fingerprint density at radius 1 is 1.00 bits per heavy atom. The minimum Gasteiger partial charge on any atom is -0.263 e. The summed E-state index contributed by atoms with van der Waals surface area (Å²) in [6.07, 6.45) is 3.63. The molecule has 110 valence electrons. The summed E-state index contributed by atoms with van der Waals surface area (Å²) < 4.78 is 0. The number of carbonyl (C=O) groups excluding carboxylic acids is 3. The Morgan fingerprint density at radius 3 is 2.24 bits per heavy atom. The van der Waals surface area contributed by atoms with Gasteiger partial charge in [0.15, 0.2) is 0 Å². The van der Waals surface area contributed by atoms with E-state index < -0.39 is 17.8 Å². The molecular weight excluding hydrogens is 268 g/mol. The summed E-state index contributed by atoms with van der Waals surface area (Å²) in [4.78, 5) is 38.8. The van der Waals surface area contributed by atoms with E-state index in [1.807, 2.05) is 31.2 Å². The number of amides is 4. The van der Waals surface area contributed by atoms with Crippen molar-refractivity contribution in [1.29, 1.82) is 0 Å². The van der Waals surface area contributed by atoms with Crippen molar-refractivity contribution in [2.75, 3.05) is 0 Å². The highest BCUT2D eigenvalue weighted by Gasteiger charge is 2.47. The predicted octanol–water partition coefficient (Wildman–Crippen LogP) is 2.23. The van der Waals surface area contributed by atoms with E-state index in [-0.39, 0.29) is 12.6 Å². The average Bonchev–Trinajstić information content (AvgIpc) is 3.05. The van der Waals surface area contributed by atoms with E-state index in [1.165, 1.54) is 4.90 Å². The van der Waals surface area contributed by atoms with Crippen LogP contribution in [0.2, 0.25) is 0 Å². The molecule has 2 aliphatic rings. The number of carbonyl (C=O) groups is 3. The maximum Gasteiger partial charge on any atom is 0.334 e. The average molecular weight is 286 g/mol. The highest BCUT2D eigenvalue weighted by atomic mass is 16.2. The number of imide groups is 2. The lowest BCUT2D eigenvalue weighted by Crippen LogP contribution is -2.39. The number of aryl methyl sites for hydroxylation is 1. The van der Waals surface area contributed by atoms with Crippen molar-refractivity contribution >= 4 is 17.8 Å². The van der Waals surface area contributed by atoms with E-state index in [9.17, 15) is 14.4 Å². The molecule has 0 bridgehead atoms. The normalized spacial score (nSPS) is 20.0. The quantitative estimate of drug-likeness (QED) is 0.632. The van der Waals surface area contributed by atoms with Gasteiger partial charge in [0.2, 0.25) is 0 Å². The second-order valence-electron chi connectivity index (χ2n) is 5.77. The number of urea groups is 1. The summed E-state index contributed by atoms with van der Waals surface area (Å²) in [5, 5.41) is 0. The van der Waals surface area contributed by atoms with Crippen LogP contribution in [0.5, 0.6) is 0 Å². The fourth-order valence-electron chi connectivity index (χ4n) is 3.02. The molecule has 0 spiro atoms. The van der Waals surface area contributed by atoms with Crippen LogP contribution < -0.4 is 0 Å². The molecule has 21 heavy (non-hydrogen) atoms. The summed E-state index contributed by atoms with van der Waals surface area (Å²) in [5.74, 6) is -1.37. The van der Waals surface area contributed by atoms with Gasteiger partial charge in [-0.2, -0.15) is 0 Å². The van der Waals surface area contributed by atoms with Gasteiger partial charge in [-0.15, -0.1) is 0 Å². The van der Waals surface area contributed by atoms with Gasteiger partial charge < -0.3 is 0 Å². The molecule has 3 rings (SSSR count). The van der Waals surface area contributed by atoms with E-state index in [2.05, 4.69) is 0 Å². The van der Waals surface area contributed by atoms with Crippen molar-refractivity contribution < 1.29 is 14.4 Å². The summed E-state index contributed by atoms with van der Waals surface area (Å²) >= 11 is 0. The molecule has 2 fully saturated rings. The summed E-state index contributed by atoms with van der Waals surface area (Å²) in [6, 6.07) is 7.04. The first-order valence-corrected chi connectivity index (χ1v) is 7.32. The van der Waals surface area contributed by atoms with Gasteiger partial charge in [-0.05, 0) is 25.3 Å². The van der Waals surface area contributed by atoms with Crippen LogP contribution in [0.15, 0.2) is 24.3 Å². The van der Waals surface area contributed by atoms with Crippen molar-refractivity contribution in [2.24, 2.45) is 0 Å². The highest BCUT2D eigenvalue weighted by Crippen LogP contribution is 2.28. The molecule has 1 aromatic carbocycles. The van der Waals surface area contributed by atoms with Crippen molar-refractivity contribution in [3.05, 3.63) is 35.4 Å². The second-order valence-corrected chi connectivity index (χ2v) is 5.77. The molecular formula is C16H18N2O3. The molecule has 0 atom stereocenters. The molecule has 5 heteroatoms. The maximum atomic E-state index is 12.4. The summed E-state index contributed by atoms with van der Waals surface area (Å²) in [7, 11) is 0. The van der Waals surface area contributed by atoms with Crippen LogP contribution in [0.25, 0.3) is 0 Å². The molecule has 1 aliphatic carbocycles. The van der Waals surface area contributed by atoms with Gasteiger partial charge in [-0.25, -0.2) is 4.79 Å². The van der Waals surface area contributed by atoms with E-state index in [0.29, 0.717) is 0 Å². The molecule has 1 heterocycles. The van der Waals surface area contributed by atoms with Crippen LogP contribution in [0.4, 0.5) is 4.79 Å². The predicted molar refractivity (Wildman–Crippen MR) is 76.2 cm³/mol. The SMILES string of the molecule is Cc1ccc(CN2C(=O)C(=O)N(C3CCCC3)C2=O)cc1. The summed E-state index contributed by atoms with van der Waals surface area (Å²) in [6.45, 7) is 2.13. The monoisotopic (exact) mass is 286 g/mol. The van der Waals surface area contributed by atoms with Gasteiger partial charge in [0.05, 0.1) is 6.54 Å². The molecule has 0 aromatic heterocycles. The molecule has 0 radical (unpaired) electrons. The van der Waals surface area contributed by atoms with Gasteiger partial charge in [-0.1, -0.05) is 42.7 Å². The fraction of sp³-hybridized carbons (Fsp3) is 0.438. The Balaban J connectivity index is 1.79. The topological polar surface area (TPSA) is 57.7 Å². The van der Waals surface area contributed by atoms with Crippen LogP contribution in [0, 0.1) is 6.92 Å². The Hall–Kier alpha value is -2.17. The zero-order valence-corrected chi connectivity index (χ0v) is 12.0. The largest absolute Gasteiger partial charge is 0.334 e. The first-order valence-electron chi connectivity index (χ1n) is 7.32. The third kappa shape index (κ3) is 2.44. The van der Waals surface area contributed by atoms with Gasteiger partial charge in [0, 0.05) is 6.04 Å². The third-order valence-corrected chi connectivity index (χ3v) is 4.24. The number of benzene rings is 1. The summed E-state index contributed by atoms with van der Waals surface area (Å²) in [5.41, 5.74) is 1.96. The standard InChI is InChI=1S/C16H18N2O3/c1-11-6-8-12(9-7-11)10-17-14(19)15(20)18(16(17)21)13-4-2-3-5-13/h6-9,13H,2-5,10H2,1H3. The van der Waals surface area contributed by atoms with Crippen LogP contribution in [0.1, 0.15) is 36.8 Å². The number of hydrogen-bond acceptors (Lipinski definition) is 3. The lowest BCUT2D eigenvalue weighted by atomic mass is 10.1. The minimum absolute atomic E-state index is 0.100. The molecule has 0 N–H and O–H groups in total. The molecule has 5 nitrogen and oxygen atoms in total. The Labute approximate surface area is 123 Å². The van der Waals surface area contributed by atoms with Gasteiger partial charge in [-0.3, -0.25) is 19.4 Å². The van der Waals surface area contributed by atoms with E-state index in [0.717, 1.165) is 41.7 Å². The number of rotatable bonds is 3. The van der Waals surface area contributed by atoms with Crippen molar-refractivity contribution in [3.8, 4) is 0 Å². The first kappa shape index (κ1) is 13.8. The van der Waals surface area contributed by atoms with Crippen molar-refractivity contribution in [2.45, 2.75) is 45.2 Å². The van der Waals surface area contributed by atoms with E-state index in [4.69, 9.17) is 0 Å². The first-order chi connectivity index (χ1) is 10.1. The highest BCUT2D eigenvalue weighted by molar-refractivity contribution is 6.44. The Morgan fingerprint density at radius 2 is 1.62 bits per heavy atom. The zero-order chi connectivity index (χ0) is 15.0. The third-order valence-electron chi connectivity index (χ3n) is 4.24. The van der Waals surface area contributed by atoms with Crippen LogP contribution in [-0.2, 0) is 16.1 Å². The minimum atomic E-state index is -0.701. The van der Waals surface area contributed by atoms with Crippen molar-refractivity contribution in [3.63, 3.8) is 0 Å². The molecule has 1 aliphatic heterocycles. The lowest BCUT2D eigenvalue weighted by molar-refractivity contribution is -0.144. The van der Waals surface area contributed by atoms with Gasteiger partial charge in [0.1, 0.15) is 0 Å². The van der Waals surface area contributed by atoms with Crippen molar-refractivity contribution in [1.82, 2.24) is 9.80 Å². The second kappa shape index (κ2) is 5.31. The lowest BCUT2D eigenvalue weighted by Gasteiger charge is -2.21. The van der Waals surface area contributed by atoms with E-state index in [1.54, 1.807) is 0 Å². The molecule has 1 aromatic rings. The molecule has 0 unspecified atom stereocenters. The number of hydrogen-bond donors (Lipinski definition) is 0. The maximum absolute atomic E-state index is 12.4. The van der Waals surface area contributed by atoms with Gasteiger partial charge >= 0.3 is 17.8 Å². The van der Waals surface area contributed by atoms with Gasteiger partial charge in [0.25, 0.3) is 0 Å².